The Morgan fingerprint density at radius 3 is 2.46 bits per heavy atom. The van der Waals surface area contributed by atoms with Crippen LogP contribution in [0.1, 0.15) is 40.5 Å². The third-order valence-electron chi connectivity index (χ3n) is 4.02. The molecule has 0 fully saturated rings. The predicted octanol–water partition coefficient (Wildman–Crippen LogP) is 6.65. The standard InChI is InChI=1S/C19H15ClF3NOS/c20-14-8-5-12(6-9-14)16(25)10-7-13(11-19(21,22)23)18-24-15-3-1-2-4-17(15)26-18/h1-6,8-9,13H,7,10-11H2. The molecule has 0 spiro atoms. The molecule has 0 aliphatic carbocycles. The molecule has 136 valence electrons. The van der Waals surface area contributed by atoms with E-state index in [0.717, 1.165) is 4.70 Å². The molecule has 0 amide bonds. The minimum atomic E-state index is -4.31. The van der Waals surface area contributed by atoms with Crippen LogP contribution >= 0.6 is 22.9 Å². The highest BCUT2D eigenvalue weighted by molar-refractivity contribution is 7.18. The number of para-hydroxylation sites is 1. The Morgan fingerprint density at radius 1 is 1.12 bits per heavy atom. The molecule has 0 saturated heterocycles. The molecule has 0 aliphatic heterocycles. The molecule has 7 heteroatoms. The van der Waals surface area contributed by atoms with E-state index in [1.807, 2.05) is 12.1 Å². The Labute approximate surface area is 157 Å². The summed E-state index contributed by atoms with van der Waals surface area (Å²) in [5.41, 5.74) is 1.13. The first-order valence-corrected chi connectivity index (χ1v) is 9.22. The van der Waals surface area contributed by atoms with Gasteiger partial charge in [0.05, 0.1) is 21.6 Å². The molecule has 0 radical (unpaired) electrons. The molecular weight excluding hydrogens is 383 g/mol. The Hall–Kier alpha value is -1.92. The number of ketones is 1. The zero-order valence-corrected chi connectivity index (χ0v) is 15.2. The molecule has 0 N–H and O–H groups in total. The normalized spacial score (nSPS) is 13.1. The molecule has 0 bridgehead atoms. The highest BCUT2D eigenvalue weighted by Crippen LogP contribution is 2.38. The minimum Gasteiger partial charge on any atom is -0.294 e. The highest BCUT2D eigenvalue weighted by Gasteiger charge is 2.34. The van der Waals surface area contributed by atoms with E-state index in [1.54, 1.807) is 36.4 Å². The van der Waals surface area contributed by atoms with Gasteiger partial charge in [-0.2, -0.15) is 13.2 Å². The fourth-order valence-corrected chi connectivity index (χ4v) is 3.97. The number of fused-ring (bicyclic) bond motifs is 1. The van der Waals surface area contributed by atoms with E-state index in [1.165, 1.54) is 11.3 Å². The van der Waals surface area contributed by atoms with Crippen LogP contribution in [0.4, 0.5) is 13.2 Å². The number of carbonyl (C=O) groups is 1. The number of hydrogen-bond donors (Lipinski definition) is 0. The third-order valence-corrected chi connectivity index (χ3v) is 5.47. The summed E-state index contributed by atoms with van der Waals surface area (Å²) in [5.74, 6) is -1.03. The Balaban J connectivity index is 1.77. The van der Waals surface area contributed by atoms with Gasteiger partial charge in [0.15, 0.2) is 5.78 Å². The number of aromatic nitrogens is 1. The van der Waals surface area contributed by atoms with Crippen molar-refractivity contribution in [2.45, 2.75) is 31.4 Å². The number of hydrogen-bond acceptors (Lipinski definition) is 3. The summed E-state index contributed by atoms with van der Waals surface area (Å²) in [6.45, 7) is 0. The number of thiazole rings is 1. The summed E-state index contributed by atoms with van der Waals surface area (Å²) in [4.78, 5) is 16.6. The van der Waals surface area contributed by atoms with Gasteiger partial charge >= 0.3 is 6.18 Å². The number of halogens is 4. The van der Waals surface area contributed by atoms with Crippen LogP contribution < -0.4 is 0 Å². The van der Waals surface area contributed by atoms with Gasteiger partial charge in [-0.25, -0.2) is 4.98 Å². The van der Waals surface area contributed by atoms with E-state index in [2.05, 4.69) is 4.98 Å². The molecule has 3 rings (SSSR count). The lowest BCUT2D eigenvalue weighted by atomic mass is 9.96. The Kier molecular flexibility index (Phi) is 5.63. The van der Waals surface area contributed by atoms with Crippen molar-refractivity contribution >= 4 is 38.9 Å². The van der Waals surface area contributed by atoms with E-state index in [9.17, 15) is 18.0 Å². The first-order chi connectivity index (χ1) is 12.3. The molecular formula is C19H15ClF3NOS. The van der Waals surface area contributed by atoms with Crippen LogP contribution in [0.3, 0.4) is 0 Å². The highest BCUT2D eigenvalue weighted by atomic mass is 35.5. The molecule has 0 aliphatic rings. The molecule has 2 nitrogen and oxygen atoms in total. The van der Waals surface area contributed by atoms with Gasteiger partial charge in [-0.05, 0) is 42.8 Å². The van der Waals surface area contributed by atoms with Crippen LogP contribution in [-0.2, 0) is 0 Å². The number of rotatable bonds is 6. The molecule has 3 aromatic rings. The maximum absolute atomic E-state index is 13.0. The Bertz CT molecular complexity index is 872. The monoisotopic (exact) mass is 397 g/mol. The van der Waals surface area contributed by atoms with Crippen LogP contribution in [0.2, 0.25) is 5.02 Å². The van der Waals surface area contributed by atoms with Gasteiger partial charge in [0, 0.05) is 22.9 Å². The summed E-state index contributed by atoms with van der Waals surface area (Å²) in [6, 6.07) is 13.6. The summed E-state index contributed by atoms with van der Waals surface area (Å²) in [5, 5.41) is 0.929. The largest absolute Gasteiger partial charge is 0.389 e. The average molecular weight is 398 g/mol. The van der Waals surface area contributed by atoms with Gasteiger partial charge in [-0.15, -0.1) is 11.3 Å². The lowest BCUT2D eigenvalue weighted by Gasteiger charge is -2.16. The molecule has 1 heterocycles. The average Bonchev–Trinajstić information content (AvgIpc) is 3.02. The second-order valence-electron chi connectivity index (χ2n) is 6.00. The third kappa shape index (κ3) is 4.83. The quantitative estimate of drug-likeness (QED) is 0.436. The number of benzene rings is 2. The van der Waals surface area contributed by atoms with Gasteiger partial charge in [-0.3, -0.25) is 4.79 Å². The lowest BCUT2D eigenvalue weighted by molar-refractivity contribution is -0.139. The second-order valence-corrected chi connectivity index (χ2v) is 7.50. The van der Waals surface area contributed by atoms with Crippen molar-refractivity contribution in [2.75, 3.05) is 0 Å². The maximum Gasteiger partial charge on any atom is 0.389 e. The predicted molar refractivity (Wildman–Crippen MR) is 98.0 cm³/mol. The van der Waals surface area contributed by atoms with Gasteiger partial charge in [0.1, 0.15) is 0 Å². The smallest absolute Gasteiger partial charge is 0.294 e. The zero-order chi connectivity index (χ0) is 18.7. The zero-order valence-electron chi connectivity index (χ0n) is 13.6. The topological polar surface area (TPSA) is 30.0 Å². The second kappa shape index (κ2) is 7.76. The Morgan fingerprint density at radius 2 is 1.81 bits per heavy atom. The van der Waals surface area contributed by atoms with Crippen LogP contribution in [-0.4, -0.2) is 16.9 Å². The molecule has 1 unspecified atom stereocenters. The van der Waals surface area contributed by atoms with Crippen LogP contribution in [0.25, 0.3) is 10.2 Å². The fourth-order valence-electron chi connectivity index (χ4n) is 2.74. The van der Waals surface area contributed by atoms with Gasteiger partial charge < -0.3 is 0 Å². The van der Waals surface area contributed by atoms with Crippen molar-refractivity contribution in [2.24, 2.45) is 0 Å². The minimum absolute atomic E-state index is 0.0261. The van der Waals surface area contributed by atoms with E-state index in [0.29, 0.717) is 21.1 Å². The van der Waals surface area contributed by atoms with Gasteiger partial charge in [0.25, 0.3) is 0 Å². The molecule has 1 atom stereocenters. The molecule has 1 aromatic heterocycles. The molecule has 26 heavy (non-hydrogen) atoms. The van der Waals surface area contributed by atoms with Crippen LogP contribution in [0.15, 0.2) is 48.5 Å². The molecule has 0 saturated carbocycles. The number of Topliss-reactive ketones (excluding diaryl/α,β-unsaturated/α-hetero) is 1. The first kappa shape index (κ1) is 18.9. The number of carbonyl (C=O) groups excluding carboxylic acids is 1. The van der Waals surface area contributed by atoms with Crippen molar-refractivity contribution in [1.82, 2.24) is 4.98 Å². The van der Waals surface area contributed by atoms with Gasteiger partial charge in [-0.1, -0.05) is 23.7 Å². The van der Waals surface area contributed by atoms with Crippen molar-refractivity contribution in [1.29, 1.82) is 0 Å². The van der Waals surface area contributed by atoms with Crippen molar-refractivity contribution in [3.63, 3.8) is 0 Å². The lowest BCUT2D eigenvalue weighted by Crippen LogP contribution is -2.15. The van der Waals surface area contributed by atoms with E-state index < -0.39 is 18.5 Å². The van der Waals surface area contributed by atoms with E-state index in [-0.39, 0.29) is 18.6 Å². The van der Waals surface area contributed by atoms with E-state index in [4.69, 9.17) is 11.6 Å². The van der Waals surface area contributed by atoms with E-state index >= 15 is 0 Å². The number of nitrogens with zero attached hydrogens (tertiary/aromatic N) is 1. The van der Waals surface area contributed by atoms with Crippen molar-refractivity contribution in [3.05, 3.63) is 64.1 Å². The maximum atomic E-state index is 13.0. The van der Waals surface area contributed by atoms with Crippen LogP contribution in [0.5, 0.6) is 0 Å². The first-order valence-electron chi connectivity index (χ1n) is 8.03. The van der Waals surface area contributed by atoms with Gasteiger partial charge in [0.2, 0.25) is 0 Å². The number of alkyl halides is 3. The summed E-state index contributed by atoms with van der Waals surface area (Å²) >= 11 is 7.05. The fraction of sp³-hybridized carbons (Fsp3) is 0.263. The summed E-state index contributed by atoms with van der Waals surface area (Å²) in [7, 11) is 0. The summed E-state index contributed by atoms with van der Waals surface area (Å²) < 4.78 is 39.9. The summed E-state index contributed by atoms with van der Waals surface area (Å²) in [6.07, 6.45) is -5.17. The van der Waals surface area contributed by atoms with Crippen molar-refractivity contribution < 1.29 is 18.0 Å². The van der Waals surface area contributed by atoms with Crippen LogP contribution in [0, 0.1) is 0 Å². The SMILES string of the molecule is O=C(CCC(CC(F)(F)F)c1nc2ccccc2s1)c1ccc(Cl)cc1. The van der Waals surface area contributed by atoms with Crippen molar-refractivity contribution in [3.8, 4) is 0 Å². The molecule has 2 aromatic carbocycles.